The molecule has 3 rings (SSSR count). The second-order valence-electron chi connectivity index (χ2n) is 6.88. The van der Waals surface area contributed by atoms with Gasteiger partial charge in [0.1, 0.15) is 5.00 Å². The highest BCUT2D eigenvalue weighted by molar-refractivity contribution is 7.99. The Morgan fingerprint density at radius 3 is 2.52 bits per heavy atom. The van der Waals surface area contributed by atoms with Crippen LogP contribution in [-0.2, 0) is 17.6 Å². The average Bonchev–Trinajstić information content (AvgIpc) is 3.22. The number of rotatable bonds is 6. The lowest BCUT2D eigenvalue weighted by atomic mass is 10.1. The number of carbonyl (C=O) groups is 3. The molecular weight excluding hydrogens is 408 g/mol. The Morgan fingerprint density at radius 2 is 1.86 bits per heavy atom. The molecule has 0 spiro atoms. The van der Waals surface area contributed by atoms with E-state index in [1.54, 1.807) is 30.8 Å². The van der Waals surface area contributed by atoms with Crippen LogP contribution in [0.25, 0.3) is 0 Å². The van der Waals surface area contributed by atoms with Gasteiger partial charge in [-0.1, -0.05) is 13.8 Å². The number of benzene rings is 1. The van der Waals surface area contributed by atoms with Crippen LogP contribution in [-0.4, -0.2) is 29.8 Å². The van der Waals surface area contributed by atoms with E-state index in [0.29, 0.717) is 21.4 Å². The van der Waals surface area contributed by atoms with Gasteiger partial charge in [-0.3, -0.25) is 14.9 Å². The monoisotopic (exact) mass is 432 g/mol. The molecule has 2 aromatic rings. The number of ether oxygens (including phenoxy) is 1. The van der Waals surface area contributed by atoms with Crippen molar-refractivity contribution in [3.8, 4) is 0 Å². The number of carbonyl (C=O) groups excluding carboxylic acids is 3. The lowest BCUT2D eigenvalue weighted by molar-refractivity contribution is 0.0925. The molecule has 8 heteroatoms. The van der Waals surface area contributed by atoms with Crippen LogP contribution >= 0.6 is 23.1 Å². The minimum Gasteiger partial charge on any atom is -0.450 e. The van der Waals surface area contributed by atoms with E-state index >= 15 is 0 Å². The Balaban J connectivity index is 1.79. The number of thiophene rings is 1. The van der Waals surface area contributed by atoms with Crippen molar-refractivity contribution in [3.63, 3.8) is 0 Å². The van der Waals surface area contributed by atoms with Crippen LogP contribution in [0, 0.1) is 0 Å². The van der Waals surface area contributed by atoms with E-state index in [9.17, 15) is 14.4 Å². The molecule has 0 atom stereocenters. The van der Waals surface area contributed by atoms with Gasteiger partial charge in [0.15, 0.2) is 0 Å². The molecule has 0 radical (unpaired) electrons. The van der Waals surface area contributed by atoms with Gasteiger partial charge in [-0.15, -0.1) is 23.1 Å². The molecule has 29 heavy (non-hydrogen) atoms. The molecule has 1 aliphatic rings. The first-order chi connectivity index (χ1) is 13.9. The fraction of sp³-hybridized carbons (Fsp3) is 0.381. The standard InChI is InChI=1S/C21H24N2O4S2/c1-4-27-21(26)23-19(25)17-15-6-5-7-16(15)29-20(17)22-18(24)13-8-10-14(11-9-13)28-12(2)3/h8-12H,4-7H2,1-3H3,(H,22,24)(H,23,25,26). The van der Waals surface area contributed by atoms with E-state index < -0.39 is 12.0 Å². The quantitative estimate of drug-likeness (QED) is 0.636. The van der Waals surface area contributed by atoms with E-state index in [-0.39, 0.29) is 12.5 Å². The third kappa shape index (κ3) is 5.19. The number of imide groups is 1. The molecule has 1 aromatic carbocycles. The molecule has 0 saturated heterocycles. The zero-order valence-corrected chi connectivity index (χ0v) is 18.3. The average molecular weight is 433 g/mol. The van der Waals surface area contributed by atoms with Gasteiger partial charge in [0.05, 0.1) is 12.2 Å². The first kappa shape index (κ1) is 21.4. The van der Waals surface area contributed by atoms with Crippen molar-refractivity contribution in [2.75, 3.05) is 11.9 Å². The van der Waals surface area contributed by atoms with Crippen LogP contribution in [0.2, 0.25) is 0 Å². The second kappa shape index (κ2) is 9.45. The normalized spacial score (nSPS) is 12.6. The first-order valence-electron chi connectivity index (χ1n) is 9.59. The van der Waals surface area contributed by atoms with Gasteiger partial charge in [0, 0.05) is 20.6 Å². The number of alkyl carbamates (subject to hydrolysis) is 1. The maximum Gasteiger partial charge on any atom is 0.414 e. The highest BCUT2D eigenvalue weighted by atomic mass is 32.2. The van der Waals surface area contributed by atoms with Crippen LogP contribution < -0.4 is 10.6 Å². The number of aryl methyl sites for hydroxylation is 1. The molecule has 154 valence electrons. The van der Waals surface area contributed by atoms with Gasteiger partial charge in [-0.05, 0) is 56.0 Å². The minimum atomic E-state index is -0.786. The SMILES string of the molecule is CCOC(=O)NC(=O)c1c(NC(=O)c2ccc(SC(C)C)cc2)sc2c1CCC2. The van der Waals surface area contributed by atoms with E-state index in [0.717, 1.165) is 34.6 Å². The summed E-state index contributed by atoms with van der Waals surface area (Å²) in [7, 11) is 0. The Bertz CT molecular complexity index is 920. The maximum absolute atomic E-state index is 12.7. The summed E-state index contributed by atoms with van der Waals surface area (Å²) in [5, 5.41) is 6.04. The molecule has 0 fully saturated rings. The Kier molecular flexibility index (Phi) is 6.97. The Morgan fingerprint density at radius 1 is 1.14 bits per heavy atom. The molecule has 0 unspecified atom stereocenters. The summed E-state index contributed by atoms with van der Waals surface area (Å²) in [6.45, 7) is 6.08. The predicted octanol–water partition coefficient (Wildman–Crippen LogP) is 4.88. The molecule has 3 amide bonds. The van der Waals surface area contributed by atoms with Gasteiger partial charge >= 0.3 is 6.09 Å². The number of hydrogen-bond acceptors (Lipinski definition) is 6. The maximum atomic E-state index is 12.7. The molecule has 6 nitrogen and oxygen atoms in total. The van der Waals surface area contributed by atoms with Crippen LogP contribution in [0.3, 0.4) is 0 Å². The highest BCUT2D eigenvalue weighted by Gasteiger charge is 2.28. The molecule has 1 heterocycles. The summed E-state index contributed by atoms with van der Waals surface area (Å²) in [5.41, 5.74) is 1.80. The fourth-order valence-electron chi connectivity index (χ4n) is 3.19. The zero-order chi connectivity index (χ0) is 21.0. The predicted molar refractivity (Wildman–Crippen MR) is 116 cm³/mol. The van der Waals surface area contributed by atoms with Crippen LogP contribution in [0.1, 0.15) is 58.3 Å². The summed E-state index contributed by atoms with van der Waals surface area (Å²) in [5.74, 6) is -0.821. The zero-order valence-electron chi connectivity index (χ0n) is 16.7. The van der Waals surface area contributed by atoms with Gasteiger partial charge in [-0.25, -0.2) is 4.79 Å². The molecule has 0 aliphatic heterocycles. The van der Waals surface area contributed by atoms with Crippen LogP contribution in [0.5, 0.6) is 0 Å². The summed E-state index contributed by atoms with van der Waals surface area (Å²) in [6.07, 6.45) is 1.81. The van der Waals surface area contributed by atoms with E-state index in [1.807, 2.05) is 12.1 Å². The molecule has 0 saturated carbocycles. The first-order valence-corrected chi connectivity index (χ1v) is 11.3. The lowest BCUT2D eigenvalue weighted by Gasteiger charge is -2.10. The number of amides is 3. The topological polar surface area (TPSA) is 84.5 Å². The summed E-state index contributed by atoms with van der Waals surface area (Å²) in [4.78, 5) is 39.3. The minimum absolute atomic E-state index is 0.176. The Labute approximate surface area is 178 Å². The van der Waals surface area contributed by atoms with Crippen molar-refractivity contribution in [3.05, 3.63) is 45.8 Å². The molecule has 2 N–H and O–H groups in total. The lowest BCUT2D eigenvalue weighted by Crippen LogP contribution is -2.32. The van der Waals surface area contributed by atoms with Gasteiger partial charge in [0.25, 0.3) is 11.8 Å². The van der Waals surface area contributed by atoms with Crippen molar-refractivity contribution in [1.82, 2.24) is 5.32 Å². The number of anilines is 1. The highest BCUT2D eigenvalue weighted by Crippen LogP contribution is 2.39. The fourth-order valence-corrected chi connectivity index (χ4v) is 5.31. The van der Waals surface area contributed by atoms with Gasteiger partial charge in [0.2, 0.25) is 0 Å². The summed E-state index contributed by atoms with van der Waals surface area (Å²) in [6, 6.07) is 7.39. The van der Waals surface area contributed by atoms with Gasteiger partial charge < -0.3 is 10.1 Å². The second-order valence-corrected chi connectivity index (χ2v) is 9.64. The van der Waals surface area contributed by atoms with E-state index in [4.69, 9.17) is 4.74 Å². The van der Waals surface area contributed by atoms with Crippen molar-refractivity contribution >= 4 is 46.0 Å². The van der Waals surface area contributed by atoms with E-state index in [1.165, 1.54) is 11.3 Å². The summed E-state index contributed by atoms with van der Waals surface area (Å²) < 4.78 is 4.80. The van der Waals surface area contributed by atoms with Crippen LogP contribution in [0.4, 0.5) is 9.80 Å². The number of fused-ring (bicyclic) bond motifs is 1. The summed E-state index contributed by atoms with van der Waals surface area (Å²) >= 11 is 3.13. The largest absolute Gasteiger partial charge is 0.450 e. The van der Waals surface area contributed by atoms with Crippen molar-refractivity contribution in [2.24, 2.45) is 0 Å². The molecule has 1 aliphatic carbocycles. The Hall–Kier alpha value is -2.32. The molecule has 0 bridgehead atoms. The van der Waals surface area contributed by atoms with E-state index in [2.05, 4.69) is 24.5 Å². The van der Waals surface area contributed by atoms with Crippen LogP contribution in [0.15, 0.2) is 29.2 Å². The smallest absolute Gasteiger partial charge is 0.414 e. The number of nitrogens with one attached hydrogen (secondary N) is 2. The van der Waals surface area contributed by atoms with Gasteiger partial charge in [-0.2, -0.15) is 0 Å². The van der Waals surface area contributed by atoms with Crippen molar-refractivity contribution < 1.29 is 19.1 Å². The molecular formula is C21H24N2O4S2. The van der Waals surface area contributed by atoms with Crippen molar-refractivity contribution in [2.45, 2.75) is 50.2 Å². The third-order valence-electron chi connectivity index (χ3n) is 4.35. The van der Waals surface area contributed by atoms with Crippen molar-refractivity contribution in [1.29, 1.82) is 0 Å². The third-order valence-corrected chi connectivity index (χ3v) is 6.58. The number of thioether (sulfide) groups is 1. The number of hydrogen-bond donors (Lipinski definition) is 2. The molecule has 1 aromatic heterocycles.